The van der Waals surface area contributed by atoms with E-state index in [1.807, 2.05) is 45.0 Å². The van der Waals surface area contributed by atoms with Crippen LogP contribution in [0.3, 0.4) is 0 Å². The van der Waals surface area contributed by atoms with Gasteiger partial charge in [-0.25, -0.2) is 4.98 Å². The van der Waals surface area contributed by atoms with Gasteiger partial charge in [0.05, 0.1) is 5.69 Å². The third-order valence-electron chi connectivity index (χ3n) is 4.68. The monoisotopic (exact) mass is 523 g/mol. The van der Waals surface area contributed by atoms with Gasteiger partial charge in [-0.15, -0.1) is 13.2 Å². The lowest BCUT2D eigenvalue weighted by molar-refractivity contribution is -0.274. The Morgan fingerprint density at radius 1 is 1.03 bits per heavy atom. The number of anilines is 3. The zero-order chi connectivity index (χ0) is 24.2. The van der Waals surface area contributed by atoms with Crippen LogP contribution < -0.4 is 15.4 Å². The molecule has 0 atom stereocenters. The first-order valence-corrected chi connectivity index (χ1v) is 11.0. The summed E-state index contributed by atoms with van der Waals surface area (Å²) in [5.41, 5.74) is 3.87. The van der Waals surface area contributed by atoms with E-state index in [1.165, 1.54) is 18.2 Å². The predicted octanol–water partition coefficient (Wildman–Crippen LogP) is 6.14. The number of ether oxygens (including phenoxy) is 1. The van der Waals surface area contributed by atoms with Crippen LogP contribution in [0.2, 0.25) is 0 Å². The summed E-state index contributed by atoms with van der Waals surface area (Å²) in [6.07, 6.45) is -4.77. The number of nitrogens with one attached hydrogen (secondary N) is 2. The molecule has 3 rings (SSSR count). The van der Waals surface area contributed by atoms with E-state index in [9.17, 15) is 13.2 Å². The Balaban J connectivity index is 1.99. The molecule has 0 aliphatic carbocycles. The molecule has 0 unspecified atom stereocenters. The van der Waals surface area contributed by atoms with Crippen molar-refractivity contribution >= 4 is 33.4 Å². The highest BCUT2D eigenvalue weighted by Gasteiger charge is 2.31. The topological polar surface area (TPSA) is 62.3 Å². The Bertz CT molecular complexity index is 1100. The number of nitrogens with zero attached hydrogens (tertiary/aromatic N) is 3. The minimum atomic E-state index is -4.77. The molecule has 0 radical (unpaired) electrons. The first-order chi connectivity index (χ1) is 15.5. The number of halogens is 4. The number of benzene rings is 2. The highest BCUT2D eigenvalue weighted by Crippen LogP contribution is 2.31. The van der Waals surface area contributed by atoms with Gasteiger partial charge < -0.3 is 20.3 Å². The largest absolute Gasteiger partial charge is 0.573 e. The third kappa shape index (κ3) is 7.33. The lowest BCUT2D eigenvalue weighted by atomic mass is 10.1. The molecule has 10 heteroatoms. The van der Waals surface area contributed by atoms with E-state index < -0.39 is 6.36 Å². The maximum Gasteiger partial charge on any atom is 0.573 e. The van der Waals surface area contributed by atoms with Gasteiger partial charge in [0.2, 0.25) is 5.95 Å². The Morgan fingerprint density at radius 3 is 2.36 bits per heavy atom. The van der Waals surface area contributed by atoms with E-state index in [0.717, 1.165) is 27.8 Å². The minimum Gasteiger partial charge on any atom is -0.406 e. The summed E-state index contributed by atoms with van der Waals surface area (Å²) in [4.78, 5) is 11.1. The lowest BCUT2D eigenvalue weighted by Gasteiger charge is -2.16. The quantitative estimate of drug-likeness (QED) is 0.369. The molecular weight excluding hydrogens is 499 g/mol. The lowest BCUT2D eigenvalue weighted by Crippen LogP contribution is -2.21. The number of alkyl halides is 3. The number of hydrogen-bond donors (Lipinski definition) is 2. The van der Waals surface area contributed by atoms with Crippen LogP contribution in [-0.2, 0) is 0 Å². The van der Waals surface area contributed by atoms with Crippen molar-refractivity contribution in [2.75, 3.05) is 37.8 Å². The summed E-state index contributed by atoms with van der Waals surface area (Å²) >= 11 is 3.49. The zero-order valence-electron chi connectivity index (χ0n) is 18.7. The first-order valence-electron chi connectivity index (χ1n) is 10.2. The van der Waals surface area contributed by atoms with E-state index in [-0.39, 0.29) is 5.75 Å². The number of aromatic nitrogens is 2. The van der Waals surface area contributed by atoms with Crippen LogP contribution in [0.5, 0.6) is 5.75 Å². The molecule has 33 heavy (non-hydrogen) atoms. The van der Waals surface area contributed by atoms with Crippen molar-refractivity contribution in [1.82, 2.24) is 14.9 Å². The Morgan fingerprint density at radius 2 is 1.73 bits per heavy atom. The van der Waals surface area contributed by atoms with Crippen LogP contribution in [0.15, 0.2) is 46.9 Å². The molecule has 2 aromatic carbocycles. The number of rotatable bonds is 8. The van der Waals surface area contributed by atoms with Crippen molar-refractivity contribution in [3.05, 3.63) is 58.1 Å². The zero-order valence-corrected chi connectivity index (χ0v) is 20.3. The van der Waals surface area contributed by atoms with Gasteiger partial charge in [-0.1, -0.05) is 28.1 Å². The second-order valence-electron chi connectivity index (χ2n) is 7.81. The fraction of sp³-hybridized carbons (Fsp3) is 0.304. The number of aryl methyl sites for hydroxylation is 2. The third-order valence-corrected chi connectivity index (χ3v) is 5.14. The molecule has 3 aromatic rings. The molecule has 176 valence electrons. The van der Waals surface area contributed by atoms with Gasteiger partial charge in [0.15, 0.2) is 0 Å². The summed E-state index contributed by atoms with van der Waals surface area (Å²) in [6.45, 7) is 5.33. The Kier molecular flexibility index (Phi) is 7.80. The van der Waals surface area contributed by atoms with E-state index in [4.69, 9.17) is 0 Å². The summed E-state index contributed by atoms with van der Waals surface area (Å²) in [7, 11) is 3.91. The van der Waals surface area contributed by atoms with Gasteiger partial charge in [-0.05, 0) is 63.3 Å². The molecule has 0 saturated heterocycles. The van der Waals surface area contributed by atoms with Gasteiger partial charge >= 0.3 is 6.36 Å². The molecular formula is C23H25BrF3N5O. The van der Waals surface area contributed by atoms with E-state index in [1.54, 1.807) is 12.1 Å². The normalized spacial score (nSPS) is 11.5. The average Bonchev–Trinajstić information content (AvgIpc) is 2.69. The summed E-state index contributed by atoms with van der Waals surface area (Å²) in [6, 6.07) is 11.4. The summed E-state index contributed by atoms with van der Waals surface area (Å²) in [5, 5.41) is 6.52. The van der Waals surface area contributed by atoms with Crippen molar-refractivity contribution < 1.29 is 17.9 Å². The van der Waals surface area contributed by atoms with Gasteiger partial charge in [-0.3, -0.25) is 0 Å². The Labute approximate surface area is 199 Å². The fourth-order valence-corrected chi connectivity index (χ4v) is 3.90. The molecule has 0 saturated carbocycles. The molecule has 0 spiro atoms. The second-order valence-corrected chi connectivity index (χ2v) is 8.72. The molecule has 6 nitrogen and oxygen atoms in total. The van der Waals surface area contributed by atoms with Crippen LogP contribution >= 0.6 is 15.9 Å². The molecule has 2 N–H and O–H groups in total. The molecule has 0 fully saturated rings. The molecule has 0 aliphatic heterocycles. The highest BCUT2D eigenvalue weighted by atomic mass is 79.9. The van der Waals surface area contributed by atoms with Crippen molar-refractivity contribution in [3.8, 4) is 17.0 Å². The standard InChI is InChI=1S/C23H25BrF3N5O/c1-14-10-17(24)11-15(2)21(14)30-20-13-19(29-22(31-20)28-8-9-32(3)4)16-6-5-7-18(12-16)33-23(25,26)27/h5-7,10-13H,8-9H2,1-4H3,(H2,28,29,30,31). The maximum atomic E-state index is 12.7. The van der Waals surface area contributed by atoms with Crippen LogP contribution in [0.4, 0.5) is 30.6 Å². The molecule has 1 heterocycles. The maximum absolute atomic E-state index is 12.7. The molecule has 0 amide bonds. The van der Waals surface area contributed by atoms with Crippen molar-refractivity contribution in [2.45, 2.75) is 20.2 Å². The number of likely N-dealkylation sites (N-methyl/N-ethyl adjacent to an activating group) is 1. The van der Waals surface area contributed by atoms with Crippen LogP contribution in [0.1, 0.15) is 11.1 Å². The fourth-order valence-electron chi connectivity index (χ4n) is 3.22. The van der Waals surface area contributed by atoms with E-state index in [0.29, 0.717) is 29.6 Å². The predicted molar refractivity (Wildman–Crippen MR) is 128 cm³/mol. The van der Waals surface area contributed by atoms with Crippen molar-refractivity contribution in [3.63, 3.8) is 0 Å². The van der Waals surface area contributed by atoms with Gasteiger partial charge in [0.1, 0.15) is 11.6 Å². The van der Waals surface area contributed by atoms with E-state index >= 15 is 0 Å². The smallest absolute Gasteiger partial charge is 0.406 e. The van der Waals surface area contributed by atoms with Gasteiger partial charge in [-0.2, -0.15) is 4.98 Å². The van der Waals surface area contributed by atoms with Gasteiger partial charge in [0.25, 0.3) is 0 Å². The SMILES string of the molecule is Cc1cc(Br)cc(C)c1Nc1cc(-c2cccc(OC(F)(F)F)c2)nc(NCCN(C)C)n1. The molecule has 0 aliphatic rings. The molecule has 0 bridgehead atoms. The van der Waals surface area contributed by atoms with Crippen LogP contribution in [0.25, 0.3) is 11.3 Å². The second kappa shape index (κ2) is 10.4. The van der Waals surface area contributed by atoms with Crippen LogP contribution in [-0.4, -0.2) is 48.4 Å². The highest BCUT2D eigenvalue weighted by molar-refractivity contribution is 9.10. The number of hydrogen-bond acceptors (Lipinski definition) is 6. The molecule has 1 aromatic heterocycles. The van der Waals surface area contributed by atoms with Crippen LogP contribution in [0, 0.1) is 13.8 Å². The van der Waals surface area contributed by atoms with Gasteiger partial charge in [0, 0.05) is 34.9 Å². The summed E-state index contributed by atoms with van der Waals surface area (Å²) < 4.78 is 43.1. The van der Waals surface area contributed by atoms with Crippen molar-refractivity contribution in [1.29, 1.82) is 0 Å². The van der Waals surface area contributed by atoms with Crippen molar-refractivity contribution in [2.24, 2.45) is 0 Å². The Hall–Kier alpha value is -2.85. The van der Waals surface area contributed by atoms with E-state index in [2.05, 4.69) is 41.3 Å². The summed E-state index contributed by atoms with van der Waals surface area (Å²) in [5.74, 6) is 0.573. The first kappa shape index (κ1) is 24.8. The minimum absolute atomic E-state index is 0.310. The average molecular weight is 524 g/mol.